The molecule has 0 unspecified atom stereocenters. The summed E-state index contributed by atoms with van der Waals surface area (Å²) in [6.45, 7) is 4.61. The van der Waals surface area contributed by atoms with Crippen LogP contribution in [0.1, 0.15) is 23.6 Å². The highest BCUT2D eigenvalue weighted by Gasteiger charge is 2.13. The van der Waals surface area contributed by atoms with Crippen LogP contribution in [0.5, 0.6) is 17.2 Å². The van der Waals surface area contributed by atoms with Crippen LogP contribution in [-0.4, -0.2) is 43.6 Å². The van der Waals surface area contributed by atoms with E-state index in [1.54, 1.807) is 21.3 Å². The zero-order valence-electron chi connectivity index (χ0n) is 19.5. The Morgan fingerprint density at radius 2 is 1.64 bits per heavy atom. The van der Waals surface area contributed by atoms with E-state index in [1.165, 1.54) is 5.56 Å². The quantitative estimate of drug-likeness (QED) is 0.221. The number of aliphatic imine (C=N–C) groups is 1. The minimum Gasteiger partial charge on any atom is -0.493 e. The van der Waals surface area contributed by atoms with Gasteiger partial charge in [-0.15, -0.1) is 24.0 Å². The second kappa shape index (κ2) is 13.6. The Kier molecular flexibility index (Phi) is 10.8. The van der Waals surface area contributed by atoms with Crippen LogP contribution in [-0.2, 0) is 19.6 Å². The number of rotatable bonds is 10. The molecule has 33 heavy (non-hydrogen) atoms. The first kappa shape index (κ1) is 26.3. The van der Waals surface area contributed by atoms with Gasteiger partial charge in [0.05, 0.1) is 40.6 Å². The molecule has 0 aliphatic heterocycles. The molecule has 0 atom stereocenters. The molecule has 0 aliphatic rings. The first-order chi connectivity index (χ1) is 15.7. The Morgan fingerprint density at radius 3 is 2.24 bits per heavy atom. The number of guanidine groups is 1. The van der Waals surface area contributed by atoms with E-state index in [0.29, 0.717) is 30.3 Å². The molecule has 9 heteroatoms. The van der Waals surface area contributed by atoms with Crippen molar-refractivity contribution in [3.8, 4) is 17.2 Å². The van der Waals surface area contributed by atoms with Gasteiger partial charge in [-0.2, -0.15) is 5.10 Å². The Balaban J connectivity index is 0.00000385. The molecule has 0 saturated heterocycles. The molecule has 3 aromatic rings. The predicted octanol–water partition coefficient (Wildman–Crippen LogP) is 3.83. The molecule has 2 N–H and O–H groups in total. The largest absolute Gasteiger partial charge is 0.493 e. The lowest BCUT2D eigenvalue weighted by molar-refractivity contribution is 0.323. The third-order valence-electron chi connectivity index (χ3n) is 4.82. The van der Waals surface area contributed by atoms with Gasteiger partial charge >= 0.3 is 0 Å². The number of nitrogens with one attached hydrogen (secondary N) is 2. The molecule has 0 saturated carbocycles. The lowest BCUT2D eigenvalue weighted by Crippen LogP contribution is -2.36. The fraction of sp³-hybridized carbons (Fsp3) is 0.333. The molecular weight excluding hydrogens is 533 g/mol. The summed E-state index contributed by atoms with van der Waals surface area (Å²) < 4.78 is 18.2. The minimum absolute atomic E-state index is 0. The first-order valence-corrected chi connectivity index (χ1v) is 10.5. The SMILES string of the molecule is CCNC(=NCc1cnn(Cc2ccccc2)c1)NCc1cc(OC)c(OC)c(OC)c1.I. The van der Waals surface area contributed by atoms with Gasteiger partial charge in [-0.3, -0.25) is 4.68 Å². The van der Waals surface area contributed by atoms with Crippen LogP contribution in [0.15, 0.2) is 59.9 Å². The second-order valence-electron chi connectivity index (χ2n) is 7.11. The molecule has 0 radical (unpaired) electrons. The van der Waals surface area contributed by atoms with Gasteiger partial charge < -0.3 is 24.8 Å². The molecule has 1 aromatic heterocycles. The molecular formula is C24H32IN5O3. The average molecular weight is 565 g/mol. The third-order valence-corrected chi connectivity index (χ3v) is 4.82. The Morgan fingerprint density at radius 1 is 0.939 bits per heavy atom. The van der Waals surface area contributed by atoms with Crippen molar-refractivity contribution in [2.75, 3.05) is 27.9 Å². The van der Waals surface area contributed by atoms with Crippen LogP contribution in [0.4, 0.5) is 0 Å². The van der Waals surface area contributed by atoms with E-state index >= 15 is 0 Å². The van der Waals surface area contributed by atoms with Crippen LogP contribution in [0.2, 0.25) is 0 Å². The number of ether oxygens (including phenoxy) is 3. The number of hydrogen-bond donors (Lipinski definition) is 2. The Bertz CT molecular complexity index is 999. The summed E-state index contributed by atoms with van der Waals surface area (Å²) in [5, 5.41) is 11.1. The molecule has 0 fully saturated rings. The zero-order chi connectivity index (χ0) is 22.8. The van der Waals surface area contributed by atoms with Crippen molar-refractivity contribution in [3.63, 3.8) is 0 Å². The molecule has 3 rings (SSSR count). The maximum Gasteiger partial charge on any atom is 0.203 e. The molecule has 0 spiro atoms. The van der Waals surface area contributed by atoms with Crippen molar-refractivity contribution in [2.24, 2.45) is 4.99 Å². The van der Waals surface area contributed by atoms with Crippen molar-refractivity contribution < 1.29 is 14.2 Å². The van der Waals surface area contributed by atoms with E-state index in [0.717, 1.165) is 30.2 Å². The number of halogens is 1. The molecule has 0 aliphatic carbocycles. The summed E-state index contributed by atoms with van der Waals surface area (Å²) in [5.41, 5.74) is 3.25. The van der Waals surface area contributed by atoms with Gasteiger partial charge in [-0.25, -0.2) is 4.99 Å². The highest BCUT2D eigenvalue weighted by molar-refractivity contribution is 14.0. The Labute approximate surface area is 212 Å². The predicted molar refractivity (Wildman–Crippen MR) is 141 cm³/mol. The highest BCUT2D eigenvalue weighted by atomic mass is 127. The van der Waals surface area contributed by atoms with Crippen molar-refractivity contribution in [1.82, 2.24) is 20.4 Å². The average Bonchev–Trinajstić information content (AvgIpc) is 3.27. The lowest BCUT2D eigenvalue weighted by atomic mass is 10.2. The molecule has 178 valence electrons. The smallest absolute Gasteiger partial charge is 0.203 e. The number of methoxy groups -OCH3 is 3. The normalized spacial score (nSPS) is 10.8. The molecule has 8 nitrogen and oxygen atoms in total. The first-order valence-electron chi connectivity index (χ1n) is 10.5. The molecule has 2 aromatic carbocycles. The zero-order valence-corrected chi connectivity index (χ0v) is 21.8. The van der Waals surface area contributed by atoms with Gasteiger partial charge in [-0.1, -0.05) is 30.3 Å². The van der Waals surface area contributed by atoms with Gasteiger partial charge in [0.25, 0.3) is 0 Å². The maximum atomic E-state index is 5.44. The topological polar surface area (TPSA) is 81.9 Å². The number of aromatic nitrogens is 2. The fourth-order valence-corrected chi connectivity index (χ4v) is 3.28. The van der Waals surface area contributed by atoms with Crippen LogP contribution in [0.25, 0.3) is 0 Å². The van der Waals surface area contributed by atoms with E-state index in [4.69, 9.17) is 19.2 Å². The number of hydrogen-bond acceptors (Lipinski definition) is 5. The molecule has 0 amide bonds. The summed E-state index contributed by atoms with van der Waals surface area (Å²) in [6.07, 6.45) is 3.88. The van der Waals surface area contributed by atoms with Gasteiger partial charge in [0.2, 0.25) is 5.75 Å². The van der Waals surface area contributed by atoms with E-state index < -0.39 is 0 Å². The third kappa shape index (κ3) is 7.55. The van der Waals surface area contributed by atoms with Crippen LogP contribution in [0.3, 0.4) is 0 Å². The van der Waals surface area contributed by atoms with Crippen molar-refractivity contribution >= 4 is 29.9 Å². The molecule has 1 heterocycles. The van der Waals surface area contributed by atoms with Gasteiger partial charge in [0, 0.05) is 24.8 Å². The van der Waals surface area contributed by atoms with Crippen molar-refractivity contribution in [3.05, 3.63) is 71.5 Å². The van der Waals surface area contributed by atoms with Crippen molar-refractivity contribution in [1.29, 1.82) is 0 Å². The maximum absolute atomic E-state index is 5.44. The number of nitrogens with zero attached hydrogens (tertiary/aromatic N) is 3. The van der Waals surface area contributed by atoms with Crippen LogP contribution >= 0.6 is 24.0 Å². The summed E-state index contributed by atoms with van der Waals surface area (Å²) in [5.74, 6) is 2.54. The summed E-state index contributed by atoms with van der Waals surface area (Å²) in [4.78, 5) is 4.69. The standard InChI is InChI=1S/C24H31N5O3.HI/c1-5-25-24(26-13-19-11-21(30-2)23(32-4)22(12-19)31-3)27-14-20-15-28-29(17-20)16-18-9-7-6-8-10-18;/h6-12,15,17H,5,13-14,16H2,1-4H3,(H2,25,26,27);1H. The van der Waals surface area contributed by atoms with Gasteiger partial charge in [0.1, 0.15) is 0 Å². The Hall–Kier alpha value is -2.95. The second-order valence-corrected chi connectivity index (χ2v) is 7.11. The summed E-state index contributed by atoms with van der Waals surface area (Å²) in [7, 11) is 4.81. The van der Waals surface area contributed by atoms with E-state index in [2.05, 4.69) is 27.9 Å². The fourth-order valence-electron chi connectivity index (χ4n) is 3.28. The van der Waals surface area contributed by atoms with Gasteiger partial charge in [-0.05, 0) is 30.2 Å². The van der Waals surface area contributed by atoms with Crippen LogP contribution in [0, 0.1) is 0 Å². The number of benzene rings is 2. The molecule has 0 bridgehead atoms. The van der Waals surface area contributed by atoms with E-state index in [1.807, 2.05) is 54.3 Å². The van der Waals surface area contributed by atoms with E-state index in [9.17, 15) is 0 Å². The highest BCUT2D eigenvalue weighted by Crippen LogP contribution is 2.38. The monoisotopic (exact) mass is 565 g/mol. The summed E-state index contributed by atoms with van der Waals surface area (Å²) >= 11 is 0. The van der Waals surface area contributed by atoms with Crippen LogP contribution < -0.4 is 24.8 Å². The lowest BCUT2D eigenvalue weighted by Gasteiger charge is -2.15. The summed E-state index contributed by atoms with van der Waals surface area (Å²) in [6, 6.07) is 14.1. The van der Waals surface area contributed by atoms with E-state index in [-0.39, 0.29) is 24.0 Å². The van der Waals surface area contributed by atoms with Crippen molar-refractivity contribution in [2.45, 2.75) is 26.6 Å². The minimum atomic E-state index is 0. The van der Waals surface area contributed by atoms with Gasteiger partial charge in [0.15, 0.2) is 17.5 Å².